The standard InChI is InChI=1S/C17H15NO3/c1-20-17(19)15-14(12-8-4-2-5-9-12)18-16(21-15)13-10-6-3-7-11-13/h2-11,14-15H,1H3/t14-,15?/m0/s1. The maximum Gasteiger partial charge on any atom is 0.349 e. The molecule has 0 aromatic heterocycles. The molecule has 0 saturated heterocycles. The average molecular weight is 281 g/mol. The van der Waals surface area contributed by atoms with Gasteiger partial charge in [-0.2, -0.15) is 0 Å². The highest BCUT2D eigenvalue weighted by Gasteiger charge is 2.38. The third kappa shape index (κ3) is 2.65. The van der Waals surface area contributed by atoms with Gasteiger partial charge in [0.15, 0.2) is 0 Å². The lowest BCUT2D eigenvalue weighted by atomic mass is 10.0. The van der Waals surface area contributed by atoms with Gasteiger partial charge in [0.05, 0.1) is 7.11 Å². The second kappa shape index (κ2) is 5.79. The second-order valence-electron chi connectivity index (χ2n) is 4.72. The third-order valence-corrected chi connectivity index (χ3v) is 3.38. The van der Waals surface area contributed by atoms with Gasteiger partial charge in [0.1, 0.15) is 6.04 Å². The lowest BCUT2D eigenvalue weighted by Gasteiger charge is -2.15. The number of rotatable bonds is 3. The van der Waals surface area contributed by atoms with Crippen LogP contribution in [0.15, 0.2) is 65.7 Å². The van der Waals surface area contributed by atoms with Crippen molar-refractivity contribution in [3.63, 3.8) is 0 Å². The van der Waals surface area contributed by atoms with Crippen LogP contribution in [0.2, 0.25) is 0 Å². The van der Waals surface area contributed by atoms with Crippen LogP contribution in [0.5, 0.6) is 0 Å². The van der Waals surface area contributed by atoms with Crippen molar-refractivity contribution in [2.24, 2.45) is 4.99 Å². The fourth-order valence-corrected chi connectivity index (χ4v) is 2.33. The van der Waals surface area contributed by atoms with Gasteiger partial charge in [-0.3, -0.25) is 0 Å². The predicted molar refractivity (Wildman–Crippen MR) is 79.1 cm³/mol. The van der Waals surface area contributed by atoms with Crippen molar-refractivity contribution < 1.29 is 14.3 Å². The van der Waals surface area contributed by atoms with Gasteiger partial charge < -0.3 is 9.47 Å². The zero-order valence-corrected chi connectivity index (χ0v) is 11.6. The SMILES string of the molecule is COC(=O)C1OC(c2ccccc2)=N[C@H]1c1ccccc1. The van der Waals surface area contributed by atoms with Gasteiger partial charge >= 0.3 is 5.97 Å². The Hall–Kier alpha value is -2.62. The minimum atomic E-state index is -0.743. The molecule has 1 heterocycles. The van der Waals surface area contributed by atoms with E-state index in [0.29, 0.717) is 5.90 Å². The molecule has 2 atom stereocenters. The van der Waals surface area contributed by atoms with E-state index in [1.165, 1.54) is 7.11 Å². The minimum Gasteiger partial charge on any atom is -0.466 e. The number of carbonyl (C=O) groups excluding carboxylic acids is 1. The molecule has 0 N–H and O–H groups in total. The summed E-state index contributed by atoms with van der Waals surface area (Å²) < 4.78 is 10.6. The molecule has 0 bridgehead atoms. The van der Waals surface area contributed by atoms with E-state index < -0.39 is 12.1 Å². The van der Waals surface area contributed by atoms with E-state index >= 15 is 0 Å². The van der Waals surface area contributed by atoms with Crippen LogP contribution < -0.4 is 0 Å². The van der Waals surface area contributed by atoms with Gasteiger partial charge in [0.2, 0.25) is 12.0 Å². The molecule has 0 fully saturated rings. The number of ether oxygens (including phenoxy) is 2. The fraction of sp³-hybridized carbons (Fsp3) is 0.176. The minimum absolute atomic E-state index is 0.381. The van der Waals surface area contributed by atoms with Crippen LogP contribution >= 0.6 is 0 Å². The van der Waals surface area contributed by atoms with Gasteiger partial charge in [-0.15, -0.1) is 0 Å². The normalized spacial score (nSPS) is 20.5. The van der Waals surface area contributed by atoms with Crippen LogP contribution in [0, 0.1) is 0 Å². The van der Waals surface area contributed by atoms with Crippen molar-refractivity contribution in [1.82, 2.24) is 0 Å². The Bertz CT molecular complexity index is 652. The maximum atomic E-state index is 12.0. The van der Waals surface area contributed by atoms with E-state index in [1.807, 2.05) is 60.7 Å². The van der Waals surface area contributed by atoms with E-state index in [2.05, 4.69) is 4.99 Å². The number of benzene rings is 2. The molecule has 0 aliphatic carbocycles. The van der Waals surface area contributed by atoms with Gasteiger partial charge in [-0.25, -0.2) is 9.79 Å². The Morgan fingerprint density at radius 2 is 1.67 bits per heavy atom. The highest BCUT2D eigenvalue weighted by atomic mass is 16.6. The van der Waals surface area contributed by atoms with Crippen LogP contribution in [-0.2, 0) is 14.3 Å². The van der Waals surface area contributed by atoms with Crippen molar-refractivity contribution in [1.29, 1.82) is 0 Å². The zero-order valence-electron chi connectivity index (χ0n) is 11.6. The average Bonchev–Trinajstić information content (AvgIpc) is 3.01. The number of nitrogens with zero attached hydrogens (tertiary/aromatic N) is 1. The van der Waals surface area contributed by atoms with E-state index in [0.717, 1.165) is 11.1 Å². The van der Waals surface area contributed by atoms with Crippen molar-refractivity contribution in [2.75, 3.05) is 7.11 Å². The van der Waals surface area contributed by atoms with Crippen LogP contribution in [0.25, 0.3) is 0 Å². The smallest absolute Gasteiger partial charge is 0.349 e. The van der Waals surface area contributed by atoms with Gasteiger partial charge in [-0.05, 0) is 17.7 Å². The maximum absolute atomic E-state index is 12.0. The molecule has 106 valence electrons. The first-order chi connectivity index (χ1) is 10.3. The lowest BCUT2D eigenvalue weighted by Crippen LogP contribution is -2.28. The largest absolute Gasteiger partial charge is 0.466 e. The molecule has 3 rings (SSSR count). The molecule has 4 heteroatoms. The van der Waals surface area contributed by atoms with E-state index in [1.54, 1.807) is 0 Å². The molecule has 0 saturated carbocycles. The molecular weight excluding hydrogens is 266 g/mol. The molecule has 1 aliphatic heterocycles. The van der Waals surface area contributed by atoms with Crippen LogP contribution in [-0.4, -0.2) is 25.1 Å². The third-order valence-electron chi connectivity index (χ3n) is 3.38. The van der Waals surface area contributed by atoms with E-state index in [4.69, 9.17) is 9.47 Å². The molecule has 0 spiro atoms. The summed E-state index contributed by atoms with van der Waals surface area (Å²) >= 11 is 0. The Kier molecular flexibility index (Phi) is 3.69. The van der Waals surface area contributed by atoms with Gasteiger partial charge in [0, 0.05) is 5.56 Å². The Morgan fingerprint density at radius 1 is 1.05 bits per heavy atom. The predicted octanol–water partition coefficient (Wildman–Crippen LogP) is 2.75. The number of esters is 1. The van der Waals surface area contributed by atoms with Gasteiger partial charge in [0.25, 0.3) is 0 Å². The number of aliphatic imine (C=N–C) groups is 1. The van der Waals surface area contributed by atoms with Crippen LogP contribution in [0.1, 0.15) is 17.2 Å². The Labute approximate surface area is 123 Å². The number of hydrogen-bond donors (Lipinski definition) is 0. The lowest BCUT2D eigenvalue weighted by molar-refractivity contribution is -0.149. The van der Waals surface area contributed by atoms with Crippen molar-refractivity contribution in [2.45, 2.75) is 12.1 Å². The molecule has 0 amide bonds. The molecule has 1 unspecified atom stereocenters. The summed E-state index contributed by atoms with van der Waals surface area (Å²) in [5.74, 6) is 0.0541. The molecule has 2 aromatic rings. The van der Waals surface area contributed by atoms with Crippen LogP contribution in [0.4, 0.5) is 0 Å². The molecule has 21 heavy (non-hydrogen) atoms. The number of hydrogen-bond acceptors (Lipinski definition) is 4. The Balaban J connectivity index is 1.97. The topological polar surface area (TPSA) is 47.9 Å². The molecule has 4 nitrogen and oxygen atoms in total. The number of methoxy groups -OCH3 is 1. The summed E-state index contributed by atoms with van der Waals surface area (Å²) in [6.07, 6.45) is -0.743. The highest BCUT2D eigenvalue weighted by molar-refractivity contribution is 5.98. The molecule has 0 radical (unpaired) electrons. The van der Waals surface area contributed by atoms with Crippen molar-refractivity contribution >= 4 is 11.9 Å². The van der Waals surface area contributed by atoms with Crippen molar-refractivity contribution in [3.05, 3.63) is 71.8 Å². The van der Waals surface area contributed by atoms with Crippen molar-refractivity contribution in [3.8, 4) is 0 Å². The molecular formula is C17H15NO3. The van der Waals surface area contributed by atoms with E-state index in [-0.39, 0.29) is 6.04 Å². The quantitative estimate of drug-likeness (QED) is 0.813. The second-order valence-corrected chi connectivity index (χ2v) is 4.72. The van der Waals surface area contributed by atoms with E-state index in [9.17, 15) is 4.79 Å². The summed E-state index contributed by atoms with van der Waals surface area (Å²) in [7, 11) is 1.36. The first-order valence-corrected chi connectivity index (χ1v) is 6.72. The number of carbonyl (C=O) groups is 1. The fourth-order valence-electron chi connectivity index (χ4n) is 2.33. The zero-order chi connectivity index (χ0) is 14.7. The highest BCUT2D eigenvalue weighted by Crippen LogP contribution is 2.31. The summed E-state index contributed by atoms with van der Waals surface area (Å²) in [5, 5.41) is 0. The van der Waals surface area contributed by atoms with Crippen LogP contribution in [0.3, 0.4) is 0 Å². The Morgan fingerprint density at radius 3 is 2.29 bits per heavy atom. The molecule has 1 aliphatic rings. The molecule has 2 aromatic carbocycles. The first kappa shape index (κ1) is 13.4. The summed E-state index contributed by atoms with van der Waals surface area (Å²) in [6, 6.07) is 18.8. The summed E-state index contributed by atoms with van der Waals surface area (Å²) in [6.45, 7) is 0. The monoisotopic (exact) mass is 281 g/mol. The summed E-state index contributed by atoms with van der Waals surface area (Å²) in [4.78, 5) is 16.5. The summed E-state index contributed by atoms with van der Waals surface area (Å²) in [5.41, 5.74) is 1.78. The van der Waals surface area contributed by atoms with Gasteiger partial charge in [-0.1, -0.05) is 48.5 Å². The first-order valence-electron chi connectivity index (χ1n) is 6.72.